The topological polar surface area (TPSA) is 115 Å². The average molecular weight is 514 g/mol. The molecule has 4 aromatic heterocycles. The molecule has 0 aliphatic rings. The first kappa shape index (κ1) is 24.0. The Morgan fingerprint density at radius 1 is 1.22 bits per heavy atom. The number of aromatic nitrogens is 4. The summed E-state index contributed by atoms with van der Waals surface area (Å²) < 4.78 is 14.1. The van der Waals surface area contributed by atoms with Crippen LogP contribution in [0.3, 0.4) is 0 Å². The van der Waals surface area contributed by atoms with E-state index in [1.807, 2.05) is 22.7 Å². The van der Waals surface area contributed by atoms with Crippen molar-refractivity contribution in [2.45, 2.75) is 18.9 Å². The second-order valence-corrected chi connectivity index (χ2v) is 8.80. The minimum atomic E-state index is -0.892. The Morgan fingerprint density at radius 2 is 2.08 bits per heavy atom. The Labute approximate surface area is 216 Å². The van der Waals surface area contributed by atoms with Crippen LogP contribution in [0.25, 0.3) is 16.8 Å². The van der Waals surface area contributed by atoms with Crippen molar-refractivity contribution < 1.29 is 13.9 Å². The van der Waals surface area contributed by atoms with E-state index in [1.165, 1.54) is 36.5 Å². The predicted octanol–water partition coefficient (Wildman–Crippen LogP) is 4.28. The van der Waals surface area contributed by atoms with Gasteiger partial charge in [-0.1, -0.05) is 17.7 Å². The fourth-order valence-corrected chi connectivity index (χ4v) is 4.44. The zero-order valence-electron chi connectivity index (χ0n) is 19.7. The number of hydrogen-bond donors (Lipinski definition) is 0. The highest BCUT2D eigenvalue weighted by molar-refractivity contribution is 6.31. The number of Topliss-reactive ketones (excluding diaryl/α,β-unsaturated/α-hetero) is 1. The lowest BCUT2D eigenvalue weighted by atomic mass is 9.98. The maximum Gasteiger partial charge on any atom is 0.252 e. The molecule has 0 amide bonds. The monoisotopic (exact) mass is 513 g/mol. The van der Waals surface area contributed by atoms with E-state index in [9.17, 15) is 14.9 Å². The number of ketones is 1. The number of nitriles is 1. The van der Waals surface area contributed by atoms with Gasteiger partial charge in [-0.3, -0.25) is 9.59 Å². The Bertz CT molecular complexity index is 1700. The summed E-state index contributed by atoms with van der Waals surface area (Å²) in [6.45, 7) is 0. The SMILES string of the molecule is COc1cn(C(Cc2cnco2)C(=O)Cc2ccc3nccn3c2)c(=O)cc1-c1cc(Cl)ccc1C#N. The summed E-state index contributed by atoms with van der Waals surface area (Å²) in [5.41, 5.74) is 2.30. The lowest BCUT2D eigenvalue weighted by Gasteiger charge is -2.20. The zero-order chi connectivity index (χ0) is 25.9. The van der Waals surface area contributed by atoms with E-state index in [0.29, 0.717) is 33.2 Å². The first-order chi connectivity index (χ1) is 18.0. The van der Waals surface area contributed by atoms with Crippen LogP contribution in [0.4, 0.5) is 0 Å². The normalized spacial score (nSPS) is 11.8. The molecular weight excluding hydrogens is 494 g/mol. The van der Waals surface area contributed by atoms with E-state index in [0.717, 1.165) is 11.2 Å². The number of oxazole rings is 1. The molecule has 37 heavy (non-hydrogen) atoms. The average Bonchev–Trinajstić information content (AvgIpc) is 3.59. The quantitative estimate of drug-likeness (QED) is 0.304. The number of pyridine rings is 2. The number of benzene rings is 1. The third-order valence-electron chi connectivity index (χ3n) is 6.07. The smallest absolute Gasteiger partial charge is 0.252 e. The lowest BCUT2D eigenvalue weighted by molar-refractivity contribution is -0.121. The van der Waals surface area contributed by atoms with Gasteiger partial charge in [0.1, 0.15) is 23.2 Å². The third-order valence-corrected chi connectivity index (χ3v) is 6.31. The number of ether oxygens (including phenoxy) is 1. The third kappa shape index (κ3) is 4.87. The van der Waals surface area contributed by atoms with Gasteiger partial charge < -0.3 is 18.1 Å². The van der Waals surface area contributed by atoms with Gasteiger partial charge in [-0.2, -0.15) is 5.26 Å². The first-order valence-corrected chi connectivity index (χ1v) is 11.7. The van der Waals surface area contributed by atoms with Gasteiger partial charge in [-0.05, 0) is 29.8 Å². The number of imidazole rings is 1. The number of nitrogens with zero attached hydrogens (tertiary/aromatic N) is 5. The van der Waals surface area contributed by atoms with Gasteiger partial charge >= 0.3 is 0 Å². The van der Waals surface area contributed by atoms with Gasteiger partial charge in [0, 0.05) is 53.6 Å². The fraction of sp³-hybridized carbons (Fsp3) is 0.148. The summed E-state index contributed by atoms with van der Waals surface area (Å²) in [7, 11) is 1.46. The lowest BCUT2D eigenvalue weighted by Crippen LogP contribution is -2.32. The van der Waals surface area contributed by atoms with Gasteiger partial charge in [0.25, 0.3) is 5.56 Å². The van der Waals surface area contributed by atoms with E-state index >= 15 is 0 Å². The van der Waals surface area contributed by atoms with Crippen molar-refractivity contribution in [1.29, 1.82) is 5.26 Å². The Morgan fingerprint density at radius 3 is 2.84 bits per heavy atom. The summed E-state index contributed by atoms with van der Waals surface area (Å²) >= 11 is 6.17. The van der Waals surface area contributed by atoms with Gasteiger partial charge in [0.2, 0.25) is 0 Å². The highest BCUT2D eigenvalue weighted by Crippen LogP contribution is 2.33. The van der Waals surface area contributed by atoms with Gasteiger partial charge in [-0.15, -0.1) is 0 Å². The molecule has 0 saturated heterocycles. The summed E-state index contributed by atoms with van der Waals surface area (Å²) in [4.78, 5) is 35.2. The van der Waals surface area contributed by atoms with Crippen molar-refractivity contribution in [2.24, 2.45) is 0 Å². The molecule has 4 heterocycles. The molecule has 5 aromatic rings. The summed E-state index contributed by atoms with van der Waals surface area (Å²) in [5.74, 6) is 0.571. The molecular formula is C27H20ClN5O4. The molecule has 5 rings (SSSR count). The van der Waals surface area contributed by atoms with Crippen molar-refractivity contribution in [1.82, 2.24) is 18.9 Å². The maximum absolute atomic E-state index is 13.6. The van der Waals surface area contributed by atoms with Crippen LogP contribution < -0.4 is 10.3 Å². The standard InChI is InChI=1S/C27H20ClN5O4/c1-36-25-15-33(27(35)11-22(25)21-9-19(28)4-3-18(21)12-29)23(10-20-13-30-16-37-20)24(34)8-17-2-5-26-31-6-7-32(26)14-17/h2-7,9,11,13-16,23H,8,10H2,1H3. The van der Waals surface area contributed by atoms with Crippen LogP contribution in [0.1, 0.15) is 22.9 Å². The second kappa shape index (κ2) is 10.1. The minimum Gasteiger partial charge on any atom is -0.495 e. The zero-order valence-corrected chi connectivity index (χ0v) is 20.4. The van der Waals surface area contributed by atoms with Crippen molar-refractivity contribution >= 4 is 23.0 Å². The minimum absolute atomic E-state index is 0.0797. The van der Waals surface area contributed by atoms with E-state index in [4.69, 9.17) is 20.8 Å². The molecule has 1 atom stereocenters. The predicted molar refractivity (Wildman–Crippen MR) is 136 cm³/mol. The van der Waals surface area contributed by atoms with Gasteiger partial charge in [0.05, 0.1) is 31.1 Å². The van der Waals surface area contributed by atoms with E-state index in [1.54, 1.807) is 30.6 Å². The summed E-state index contributed by atoms with van der Waals surface area (Å²) in [6, 6.07) is 11.0. The molecule has 184 valence electrons. The molecule has 0 bridgehead atoms. The van der Waals surface area contributed by atoms with E-state index in [2.05, 4.69) is 16.0 Å². The molecule has 10 heteroatoms. The molecule has 0 N–H and O–H groups in total. The number of methoxy groups -OCH3 is 1. The number of halogens is 1. The van der Waals surface area contributed by atoms with Gasteiger partial charge in [0.15, 0.2) is 12.2 Å². The molecule has 1 unspecified atom stereocenters. The van der Waals surface area contributed by atoms with Crippen LogP contribution in [0.15, 0.2) is 83.0 Å². The van der Waals surface area contributed by atoms with Crippen LogP contribution >= 0.6 is 11.6 Å². The second-order valence-electron chi connectivity index (χ2n) is 8.36. The number of carbonyl (C=O) groups excluding carboxylic acids is 1. The van der Waals surface area contributed by atoms with E-state index in [-0.39, 0.29) is 18.6 Å². The van der Waals surface area contributed by atoms with Crippen molar-refractivity contribution in [2.75, 3.05) is 7.11 Å². The Hall–Kier alpha value is -4.68. The van der Waals surface area contributed by atoms with Crippen molar-refractivity contribution in [3.8, 4) is 22.9 Å². The Kier molecular flexibility index (Phi) is 6.58. The van der Waals surface area contributed by atoms with Crippen molar-refractivity contribution in [3.05, 3.63) is 106 Å². The van der Waals surface area contributed by atoms with Crippen LogP contribution in [0, 0.1) is 11.3 Å². The molecule has 0 saturated carbocycles. The van der Waals surface area contributed by atoms with Crippen LogP contribution in [-0.2, 0) is 17.6 Å². The molecule has 0 spiro atoms. The largest absolute Gasteiger partial charge is 0.495 e. The highest BCUT2D eigenvalue weighted by atomic mass is 35.5. The van der Waals surface area contributed by atoms with Crippen LogP contribution in [0.2, 0.25) is 5.02 Å². The number of carbonyl (C=O) groups is 1. The summed E-state index contributed by atoms with van der Waals surface area (Å²) in [5, 5.41) is 9.98. The molecule has 1 aromatic carbocycles. The van der Waals surface area contributed by atoms with Crippen molar-refractivity contribution in [3.63, 3.8) is 0 Å². The molecule has 0 aliphatic carbocycles. The molecule has 0 fully saturated rings. The Balaban J connectivity index is 1.57. The van der Waals surface area contributed by atoms with Crippen LogP contribution in [0.5, 0.6) is 5.75 Å². The number of hydrogen-bond acceptors (Lipinski definition) is 7. The fourth-order valence-electron chi connectivity index (χ4n) is 4.27. The van der Waals surface area contributed by atoms with Gasteiger partial charge in [-0.25, -0.2) is 9.97 Å². The van der Waals surface area contributed by atoms with E-state index < -0.39 is 11.6 Å². The molecule has 0 radical (unpaired) electrons. The first-order valence-electron chi connectivity index (χ1n) is 11.3. The molecule has 0 aliphatic heterocycles. The molecule has 9 nitrogen and oxygen atoms in total. The van der Waals surface area contributed by atoms with Crippen LogP contribution in [-0.4, -0.2) is 31.8 Å². The number of fused-ring (bicyclic) bond motifs is 1. The number of rotatable bonds is 8. The summed E-state index contributed by atoms with van der Waals surface area (Å²) in [6.07, 6.45) is 9.79. The maximum atomic E-state index is 13.6. The highest BCUT2D eigenvalue weighted by Gasteiger charge is 2.26.